The molecule has 0 bridgehead atoms. The van der Waals surface area contributed by atoms with Gasteiger partial charge in [0.25, 0.3) is 0 Å². The lowest BCUT2D eigenvalue weighted by molar-refractivity contribution is -0.153. The van der Waals surface area contributed by atoms with E-state index in [1.807, 2.05) is 34.6 Å². The molecule has 0 unspecified atom stereocenters. The van der Waals surface area contributed by atoms with E-state index in [2.05, 4.69) is 19.1 Å². The molecular weight excluding hydrogens is 276 g/mol. The molecule has 5 atom stereocenters. The zero-order chi connectivity index (χ0) is 16.7. The number of carbonyl (C=O) groups is 1. The van der Waals surface area contributed by atoms with E-state index in [4.69, 9.17) is 4.74 Å². The van der Waals surface area contributed by atoms with Crippen molar-refractivity contribution in [3.05, 3.63) is 30.2 Å². The first-order chi connectivity index (χ1) is 10.2. The van der Waals surface area contributed by atoms with Gasteiger partial charge in [-0.05, 0) is 44.1 Å². The van der Waals surface area contributed by atoms with Crippen molar-refractivity contribution in [1.82, 2.24) is 0 Å². The first-order valence-electron chi connectivity index (χ1n) is 8.21. The summed E-state index contributed by atoms with van der Waals surface area (Å²) in [4.78, 5) is 11.9. The zero-order valence-corrected chi connectivity index (χ0v) is 14.3. The molecule has 2 aliphatic rings. The summed E-state index contributed by atoms with van der Waals surface area (Å²) in [6, 6.07) is 0. The van der Waals surface area contributed by atoms with Gasteiger partial charge in [-0.1, -0.05) is 39.0 Å². The fourth-order valence-corrected chi connectivity index (χ4v) is 3.57. The van der Waals surface area contributed by atoms with Crippen molar-refractivity contribution >= 4 is 5.97 Å². The predicted molar refractivity (Wildman–Crippen MR) is 86.9 cm³/mol. The van der Waals surface area contributed by atoms with E-state index in [-0.39, 0.29) is 29.6 Å². The van der Waals surface area contributed by atoms with Crippen LogP contribution in [0.5, 0.6) is 0 Å². The highest BCUT2D eigenvalue weighted by Gasteiger charge is 2.52. The van der Waals surface area contributed by atoms with Gasteiger partial charge in [-0.2, -0.15) is 0 Å². The minimum atomic E-state index is -1.05. The summed E-state index contributed by atoms with van der Waals surface area (Å²) < 4.78 is 5.52. The Morgan fingerprint density at radius 3 is 2.68 bits per heavy atom. The van der Waals surface area contributed by atoms with Gasteiger partial charge in [0, 0.05) is 5.92 Å². The SMILES string of the molecule is C=C(C)[C@@H]1CC[C@@H](C)[C@]2(O)[C][C@@H](OC(=O)C(C)C)C(C)=C[C@@H]12. The Morgan fingerprint density at radius 2 is 2.14 bits per heavy atom. The Kier molecular flexibility index (Phi) is 4.86. The van der Waals surface area contributed by atoms with E-state index >= 15 is 0 Å². The first kappa shape index (κ1) is 17.3. The van der Waals surface area contributed by atoms with Crippen LogP contribution < -0.4 is 0 Å². The van der Waals surface area contributed by atoms with Gasteiger partial charge in [-0.25, -0.2) is 0 Å². The number of fused-ring (bicyclic) bond motifs is 1. The van der Waals surface area contributed by atoms with Crippen molar-refractivity contribution < 1.29 is 14.6 Å². The molecule has 0 saturated heterocycles. The number of esters is 1. The standard InChI is InChI=1S/C19H28O3/c1-11(2)15-8-7-14(6)19(21)10-17(13(5)9-16(15)19)22-18(20)12(3)4/h9,12,14-17,21H,1,7-8H2,2-6H3/t14-,15+,16+,17-,19-/m1/s1. The van der Waals surface area contributed by atoms with E-state index in [1.54, 1.807) is 0 Å². The van der Waals surface area contributed by atoms with Crippen molar-refractivity contribution in [3.63, 3.8) is 0 Å². The number of hydrogen-bond donors (Lipinski definition) is 1. The Hall–Kier alpha value is -1.09. The number of hydrogen-bond acceptors (Lipinski definition) is 3. The molecule has 0 amide bonds. The summed E-state index contributed by atoms with van der Waals surface area (Å²) in [7, 11) is 0. The molecule has 1 fully saturated rings. The monoisotopic (exact) mass is 304 g/mol. The molecule has 1 N–H and O–H groups in total. The minimum absolute atomic E-state index is 0.0252. The molecule has 2 rings (SSSR count). The smallest absolute Gasteiger partial charge is 0.308 e. The van der Waals surface area contributed by atoms with Crippen LogP contribution >= 0.6 is 0 Å². The molecule has 0 spiro atoms. The largest absolute Gasteiger partial charge is 0.457 e. The molecule has 0 aromatic carbocycles. The quantitative estimate of drug-likeness (QED) is 0.640. The third-order valence-corrected chi connectivity index (χ3v) is 5.16. The number of allylic oxidation sites excluding steroid dienone is 1. The molecule has 3 nitrogen and oxygen atoms in total. The van der Waals surface area contributed by atoms with Crippen LogP contribution in [-0.4, -0.2) is 22.8 Å². The zero-order valence-electron chi connectivity index (χ0n) is 14.3. The van der Waals surface area contributed by atoms with Crippen LogP contribution in [0.2, 0.25) is 0 Å². The first-order valence-corrected chi connectivity index (χ1v) is 8.21. The van der Waals surface area contributed by atoms with Gasteiger partial charge in [0.1, 0.15) is 6.10 Å². The summed E-state index contributed by atoms with van der Waals surface area (Å²) >= 11 is 0. The fourth-order valence-electron chi connectivity index (χ4n) is 3.57. The van der Waals surface area contributed by atoms with Gasteiger partial charge < -0.3 is 9.84 Å². The van der Waals surface area contributed by atoms with Crippen molar-refractivity contribution in [2.45, 2.75) is 59.2 Å². The molecule has 1 saturated carbocycles. The Labute approximate surface area is 134 Å². The maximum atomic E-state index is 11.9. The molecule has 0 aliphatic heterocycles. The summed E-state index contributed by atoms with van der Waals surface area (Å²) in [5.41, 5.74) is 0.992. The second-order valence-corrected chi connectivity index (χ2v) is 7.31. The summed E-state index contributed by atoms with van der Waals surface area (Å²) in [5, 5.41) is 11.2. The van der Waals surface area contributed by atoms with E-state index in [0.717, 1.165) is 24.0 Å². The summed E-state index contributed by atoms with van der Waals surface area (Å²) in [6.07, 6.45) is 6.68. The van der Waals surface area contributed by atoms with Gasteiger partial charge in [0.2, 0.25) is 0 Å². The highest BCUT2D eigenvalue weighted by molar-refractivity contribution is 5.72. The van der Waals surface area contributed by atoms with E-state index < -0.39 is 11.7 Å². The number of ether oxygens (including phenoxy) is 1. The maximum Gasteiger partial charge on any atom is 0.308 e. The van der Waals surface area contributed by atoms with Gasteiger partial charge in [-0.3, -0.25) is 4.79 Å². The Balaban J connectivity index is 2.30. The van der Waals surface area contributed by atoms with Gasteiger partial charge >= 0.3 is 5.97 Å². The second kappa shape index (κ2) is 6.19. The summed E-state index contributed by atoms with van der Waals surface area (Å²) in [5.74, 6) is -0.119. The Morgan fingerprint density at radius 1 is 1.50 bits per heavy atom. The van der Waals surface area contributed by atoms with Crippen LogP contribution in [0, 0.1) is 30.1 Å². The molecular formula is C19H28O3. The predicted octanol–water partition coefficient (Wildman–Crippen LogP) is 3.56. The van der Waals surface area contributed by atoms with Crippen LogP contribution in [0.15, 0.2) is 23.8 Å². The van der Waals surface area contributed by atoms with Crippen LogP contribution in [0.1, 0.15) is 47.5 Å². The molecule has 3 heteroatoms. The van der Waals surface area contributed by atoms with Crippen LogP contribution in [0.25, 0.3) is 0 Å². The number of carbonyl (C=O) groups excluding carboxylic acids is 1. The normalized spacial score (nSPS) is 38.2. The second-order valence-electron chi connectivity index (χ2n) is 7.31. The van der Waals surface area contributed by atoms with Crippen molar-refractivity contribution in [1.29, 1.82) is 0 Å². The molecule has 122 valence electrons. The Bertz CT molecular complexity index is 491. The van der Waals surface area contributed by atoms with Gasteiger partial charge in [-0.15, -0.1) is 0 Å². The van der Waals surface area contributed by atoms with Gasteiger partial charge in [0.05, 0.1) is 17.9 Å². The third-order valence-electron chi connectivity index (χ3n) is 5.16. The molecule has 0 aromatic heterocycles. The third kappa shape index (κ3) is 3.01. The average molecular weight is 304 g/mol. The topological polar surface area (TPSA) is 46.5 Å². The maximum absolute atomic E-state index is 11.9. The van der Waals surface area contributed by atoms with Crippen molar-refractivity contribution in [2.75, 3.05) is 0 Å². The molecule has 2 aliphatic carbocycles. The minimum Gasteiger partial charge on any atom is -0.457 e. The molecule has 22 heavy (non-hydrogen) atoms. The van der Waals surface area contributed by atoms with Crippen LogP contribution in [-0.2, 0) is 9.53 Å². The van der Waals surface area contributed by atoms with Crippen molar-refractivity contribution in [2.24, 2.45) is 23.7 Å². The number of rotatable bonds is 3. The molecule has 0 aromatic rings. The summed E-state index contributed by atoms with van der Waals surface area (Å²) in [6.45, 7) is 13.7. The van der Waals surface area contributed by atoms with Crippen molar-refractivity contribution in [3.8, 4) is 0 Å². The lowest BCUT2D eigenvalue weighted by Crippen LogP contribution is -2.55. The highest BCUT2D eigenvalue weighted by atomic mass is 16.5. The van der Waals surface area contributed by atoms with E-state index in [9.17, 15) is 9.90 Å². The molecule has 0 heterocycles. The average Bonchev–Trinajstić information content (AvgIpc) is 2.42. The van der Waals surface area contributed by atoms with Crippen LogP contribution in [0.3, 0.4) is 0 Å². The number of aliphatic hydroxyl groups is 1. The van der Waals surface area contributed by atoms with E-state index in [1.165, 1.54) is 0 Å². The van der Waals surface area contributed by atoms with Gasteiger partial charge in [0.15, 0.2) is 0 Å². The van der Waals surface area contributed by atoms with E-state index in [0.29, 0.717) is 0 Å². The highest BCUT2D eigenvalue weighted by Crippen LogP contribution is 2.50. The lowest BCUT2D eigenvalue weighted by atomic mass is 9.58. The molecule has 2 radical (unpaired) electrons. The van der Waals surface area contributed by atoms with Crippen LogP contribution in [0.4, 0.5) is 0 Å². The lowest BCUT2D eigenvalue weighted by Gasteiger charge is -2.51. The fraction of sp³-hybridized carbons (Fsp3) is 0.684.